The van der Waals surface area contributed by atoms with Gasteiger partial charge in [0.1, 0.15) is 0 Å². The second-order valence-electron chi connectivity index (χ2n) is 4.79. The molecule has 1 aromatic heterocycles. The molecule has 2 unspecified atom stereocenters. The van der Waals surface area contributed by atoms with Crippen LogP contribution in [0.15, 0.2) is 12.4 Å². The predicted molar refractivity (Wildman–Crippen MR) is 62.8 cm³/mol. The number of anilines is 1. The van der Waals surface area contributed by atoms with Crippen LogP contribution in [-0.2, 0) is 0 Å². The fourth-order valence-electron chi connectivity index (χ4n) is 2.58. The largest absolute Gasteiger partial charge is 0.356 e. The van der Waals surface area contributed by atoms with Gasteiger partial charge in [-0.1, -0.05) is 26.2 Å². The standard InChI is InChI=1S/C12H21N3/c1-10-3-2-4-11(9-10)5-6-13-12-14-7-8-15-12/h7-8,10-11H,2-6,9H2,1H3,(H2,13,14,15). The molecule has 0 radical (unpaired) electrons. The van der Waals surface area contributed by atoms with Crippen LogP contribution in [-0.4, -0.2) is 16.5 Å². The van der Waals surface area contributed by atoms with E-state index >= 15 is 0 Å². The molecule has 2 rings (SSSR count). The van der Waals surface area contributed by atoms with Crippen molar-refractivity contribution in [1.82, 2.24) is 9.97 Å². The Morgan fingerprint density at radius 1 is 1.53 bits per heavy atom. The highest BCUT2D eigenvalue weighted by Crippen LogP contribution is 2.30. The minimum Gasteiger partial charge on any atom is -0.356 e. The van der Waals surface area contributed by atoms with E-state index in [9.17, 15) is 0 Å². The first kappa shape index (κ1) is 10.5. The van der Waals surface area contributed by atoms with Gasteiger partial charge in [-0.3, -0.25) is 0 Å². The fourth-order valence-corrected chi connectivity index (χ4v) is 2.58. The molecule has 3 heteroatoms. The second-order valence-corrected chi connectivity index (χ2v) is 4.79. The lowest BCUT2D eigenvalue weighted by molar-refractivity contribution is 0.274. The molecule has 1 saturated carbocycles. The Morgan fingerprint density at radius 3 is 3.20 bits per heavy atom. The molecule has 0 spiro atoms. The molecule has 0 aliphatic heterocycles. The molecule has 0 amide bonds. The maximum atomic E-state index is 4.15. The Bertz CT molecular complexity index is 268. The van der Waals surface area contributed by atoms with Gasteiger partial charge in [0.2, 0.25) is 0 Å². The van der Waals surface area contributed by atoms with E-state index in [-0.39, 0.29) is 0 Å². The molecule has 1 heterocycles. The molecule has 0 aromatic carbocycles. The van der Waals surface area contributed by atoms with Crippen molar-refractivity contribution in [2.45, 2.75) is 39.0 Å². The van der Waals surface area contributed by atoms with E-state index in [4.69, 9.17) is 0 Å². The summed E-state index contributed by atoms with van der Waals surface area (Å²) >= 11 is 0. The highest BCUT2D eigenvalue weighted by molar-refractivity contribution is 5.22. The van der Waals surface area contributed by atoms with Crippen molar-refractivity contribution in [2.75, 3.05) is 11.9 Å². The first-order valence-electron chi connectivity index (χ1n) is 6.08. The van der Waals surface area contributed by atoms with Gasteiger partial charge in [0.25, 0.3) is 0 Å². The topological polar surface area (TPSA) is 40.7 Å². The maximum Gasteiger partial charge on any atom is 0.200 e. The first-order chi connectivity index (χ1) is 7.34. The number of hydrogen-bond donors (Lipinski definition) is 2. The van der Waals surface area contributed by atoms with Gasteiger partial charge in [0.15, 0.2) is 5.95 Å². The van der Waals surface area contributed by atoms with Crippen LogP contribution in [0.2, 0.25) is 0 Å². The lowest BCUT2D eigenvalue weighted by atomic mass is 9.81. The predicted octanol–water partition coefficient (Wildman–Crippen LogP) is 3.04. The van der Waals surface area contributed by atoms with Crippen LogP contribution in [0.1, 0.15) is 39.0 Å². The number of nitrogens with one attached hydrogen (secondary N) is 2. The van der Waals surface area contributed by atoms with Crippen molar-refractivity contribution in [1.29, 1.82) is 0 Å². The van der Waals surface area contributed by atoms with E-state index in [0.29, 0.717) is 0 Å². The molecule has 1 aliphatic carbocycles. The number of rotatable bonds is 4. The van der Waals surface area contributed by atoms with E-state index in [2.05, 4.69) is 22.2 Å². The number of aromatic amines is 1. The Hall–Kier alpha value is -0.990. The third-order valence-corrected chi connectivity index (χ3v) is 3.39. The normalized spacial score (nSPS) is 26.5. The van der Waals surface area contributed by atoms with Crippen molar-refractivity contribution in [3.63, 3.8) is 0 Å². The summed E-state index contributed by atoms with van der Waals surface area (Å²) in [7, 11) is 0. The third kappa shape index (κ3) is 3.26. The van der Waals surface area contributed by atoms with E-state index in [0.717, 1.165) is 24.3 Å². The van der Waals surface area contributed by atoms with Crippen LogP contribution in [0.25, 0.3) is 0 Å². The number of aromatic nitrogens is 2. The zero-order chi connectivity index (χ0) is 10.5. The number of imidazole rings is 1. The summed E-state index contributed by atoms with van der Waals surface area (Å²) in [6.07, 6.45) is 10.6. The molecule has 15 heavy (non-hydrogen) atoms. The summed E-state index contributed by atoms with van der Waals surface area (Å²) in [5.41, 5.74) is 0. The average Bonchev–Trinajstić information content (AvgIpc) is 2.71. The average molecular weight is 207 g/mol. The summed E-state index contributed by atoms with van der Waals surface area (Å²) in [5.74, 6) is 2.77. The molecule has 1 aromatic rings. The quantitative estimate of drug-likeness (QED) is 0.796. The van der Waals surface area contributed by atoms with Gasteiger partial charge in [0, 0.05) is 18.9 Å². The molecule has 2 N–H and O–H groups in total. The van der Waals surface area contributed by atoms with Gasteiger partial charge >= 0.3 is 0 Å². The van der Waals surface area contributed by atoms with Crippen molar-refractivity contribution < 1.29 is 0 Å². The molecule has 2 atom stereocenters. The van der Waals surface area contributed by atoms with Crippen LogP contribution in [0.3, 0.4) is 0 Å². The first-order valence-corrected chi connectivity index (χ1v) is 6.08. The summed E-state index contributed by atoms with van der Waals surface area (Å²) in [5, 5.41) is 3.32. The van der Waals surface area contributed by atoms with Crippen LogP contribution in [0.5, 0.6) is 0 Å². The van der Waals surface area contributed by atoms with Crippen LogP contribution >= 0.6 is 0 Å². The van der Waals surface area contributed by atoms with E-state index in [1.54, 1.807) is 6.20 Å². The summed E-state index contributed by atoms with van der Waals surface area (Å²) < 4.78 is 0. The molecular weight excluding hydrogens is 186 g/mol. The lowest BCUT2D eigenvalue weighted by Crippen LogP contribution is -2.16. The zero-order valence-electron chi connectivity index (χ0n) is 9.50. The molecule has 0 bridgehead atoms. The van der Waals surface area contributed by atoms with Gasteiger partial charge in [0.05, 0.1) is 0 Å². The molecule has 0 saturated heterocycles. The van der Waals surface area contributed by atoms with Gasteiger partial charge in [-0.2, -0.15) is 0 Å². The maximum absolute atomic E-state index is 4.15. The highest BCUT2D eigenvalue weighted by Gasteiger charge is 2.18. The van der Waals surface area contributed by atoms with Gasteiger partial charge < -0.3 is 10.3 Å². The number of H-pyrrole nitrogens is 1. The minimum atomic E-state index is 0.902. The summed E-state index contributed by atoms with van der Waals surface area (Å²) in [4.78, 5) is 7.21. The second kappa shape index (κ2) is 5.19. The van der Waals surface area contributed by atoms with Gasteiger partial charge in [-0.15, -0.1) is 0 Å². The number of hydrogen-bond acceptors (Lipinski definition) is 2. The molecule has 1 aliphatic rings. The fraction of sp³-hybridized carbons (Fsp3) is 0.750. The molecular formula is C12H21N3. The molecule has 1 fully saturated rings. The van der Waals surface area contributed by atoms with Crippen LogP contribution < -0.4 is 5.32 Å². The SMILES string of the molecule is CC1CCCC(CCNc2ncc[nH]2)C1. The third-order valence-electron chi connectivity index (χ3n) is 3.39. The van der Waals surface area contributed by atoms with Crippen LogP contribution in [0.4, 0.5) is 5.95 Å². The molecule has 84 valence electrons. The lowest BCUT2D eigenvalue weighted by Gasteiger charge is -2.26. The monoisotopic (exact) mass is 207 g/mol. The van der Waals surface area contributed by atoms with Gasteiger partial charge in [-0.05, 0) is 24.7 Å². The summed E-state index contributed by atoms with van der Waals surface area (Å²) in [6.45, 7) is 3.43. The zero-order valence-corrected chi connectivity index (χ0v) is 9.50. The Labute approximate surface area is 91.7 Å². The smallest absolute Gasteiger partial charge is 0.200 e. The van der Waals surface area contributed by atoms with E-state index < -0.39 is 0 Å². The van der Waals surface area contributed by atoms with Crippen molar-refractivity contribution >= 4 is 5.95 Å². The van der Waals surface area contributed by atoms with Gasteiger partial charge in [-0.25, -0.2) is 4.98 Å². The Kier molecular flexibility index (Phi) is 3.64. The summed E-state index contributed by atoms with van der Waals surface area (Å²) in [6, 6.07) is 0. The minimum absolute atomic E-state index is 0.902. The van der Waals surface area contributed by atoms with Crippen molar-refractivity contribution in [2.24, 2.45) is 11.8 Å². The van der Waals surface area contributed by atoms with E-state index in [1.165, 1.54) is 32.1 Å². The van der Waals surface area contributed by atoms with Crippen molar-refractivity contribution in [3.8, 4) is 0 Å². The Morgan fingerprint density at radius 2 is 2.47 bits per heavy atom. The Balaban J connectivity index is 1.65. The highest BCUT2D eigenvalue weighted by atomic mass is 15.1. The van der Waals surface area contributed by atoms with E-state index in [1.807, 2.05) is 6.20 Å². The molecule has 3 nitrogen and oxygen atoms in total. The van der Waals surface area contributed by atoms with Crippen molar-refractivity contribution in [3.05, 3.63) is 12.4 Å². The van der Waals surface area contributed by atoms with Crippen LogP contribution in [0, 0.1) is 11.8 Å². The number of nitrogens with zero attached hydrogens (tertiary/aromatic N) is 1.